The van der Waals surface area contributed by atoms with E-state index in [1.807, 2.05) is 33.8 Å². The van der Waals surface area contributed by atoms with Crippen molar-refractivity contribution in [2.45, 2.75) is 42.5 Å². The maximum atomic E-state index is 11.3. The zero-order chi connectivity index (χ0) is 8.41. The lowest BCUT2D eigenvalue weighted by atomic mass is 10.3. The smallest absolute Gasteiger partial charge is 0.108 e. The molecule has 76 valence electrons. The van der Waals surface area contributed by atoms with Crippen LogP contribution in [0.15, 0.2) is 23.8 Å². The minimum atomic E-state index is -0.371. The fourth-order valence-electron chi connectivity index (χ4n) is 0.312. The Kier molecular flexibility index (Phi) is 42.1. The number of hydrogen-bond acceptors (Lipinski definition) is 0. The van der Waals surface area contributed by atoms with Crippen LogP contribution in [-0.4, -0.2) is 6.67 Å². The van der Waals surface area contributed by atoms with E-state index < -0.39 is 0 Å². The fraction of sp³-hybridized carbons (Fsp3) is 0.636. The van der Waals surface area contributed by atoms with Crippen LogP contribution in [0.1, 0.15) is 42.5 Å². The summed E-state index contributed by atoms with van der Waals surface area (Å²) >= 11 is 0. The molecule has 12 heavy (non-hydrogen) atoms. The van der Waals surface area contributed by atoms with E-state index in [2.05, 4.69) is 0 Å². The molecule has 0 aromatic heterocycles. The summed E-state index contributed by atoms with van der Waals surface area (Å²) in [4.78, 5) is 0. The molecule has 0 unspecified atom stereocenters. The molecule has 0 aliphatic heterocycles. The number of halogens is 1. The molecule has 0 rings (SSSR count). The van der Waals surface area contributed by atoms with Crippen molar-refractivity contribution in [2.24, 2.45) is 0 Å². The molecule has 0 radical (unpaired) electrons. The van der Waals surface area contributed by atoms with Gasteiger partial charge in [-0.25, -0.2) is 4.39 Å². The van der Waals surface area contributed by atoms with E-state index in [1.54, 1.807) is 6.08 Å². The molecule has 0 amide bonds. The lowest BCUT2D eigenvalue weighted by molar-refractivity contribution is 0.562. The van der Waals surface area contributed by atoms with Crippen molar-refractivity contribution in [1.29, 1.82) is 0 Å². The van der Waals surface area contributed by atoms with Crippen molar-refractivity contribution in [1.82, 2.24) is 0 Å². The SMILES string of the molecule is C.C.CC.CC(C)=C/C=C\CF. The standard InChI is InChI=1S/C7H11F.C2H6.2CH4/c1-7(2)5-3-4-6-8;1-2;;/h3-5H,6H2,1-2H3;1-2H3;2*1H4/b4-3-;;;. The predicted molar refractivity (Wildman–Crippen MR) is 59.4 cm³/mol. The van der Waals surface area contributed by atoms with Crippen molar-refractivity contribution in [3.63, 3.8) is 0 Å². The van der Waals surface area contributed by atoms with E-state index in [1.165, 1.54) is 11.6 Å². The minimum Gasteiger partial charge on any atom is -0.247 e. The van der Waals surface area contributed by atoms with E-state index in [0.717, 1.165) is 0 Å². The molecule has 0 aliphatic carbocycles. The maximum absolute atomic E-state index is 11.3. The van der Waals surface area contributed by atoms with Gasteiger partial charge in [0.05, 0.1) is 0 Å². The van der Waals surface area contributed by atoms with E-state index in [9.17, 15) is 4.39 Å². The highest BCUT2D eigenvalue weighted by atomic mass is 19.1. The Hall–Kier alpha value is -0.590. The Morgan fingerprint density at radius 3 is 1.83 bits per heavy atom. The van der Waals surface area contributed by atoms with Crippen molar-refractivity contribution in [2.75, 3.05) is 6.67 Å². The zero-order valence-corrected chi connectivity index (χ0v) is 7.32. The molecule has 0 saturated heterocycles. The van der Waals surface area contributed by atoms with Crippen LogP contribution in [0.2, 0.25) is 0 Å². The molecular formula is C11H25F. The summed E-state index contributed by atoms with van der Waals surface area (Å²) in [6, 6.07) is 0. The summed E-state index contributed by atoms with van der Waals surface area (Å²) < 4.78 is 11.3. The van der Waals surface area contributed by atoms with Crippen molar-refractivity contribution in [3.8, 4) is 0 Å². The second kappa shape index (κ2) is 22.4. The summed E-state index contributed by atoms with van der Waals surface area (Å²) in [6.07, 6.45) is 5.07. The van der Waals surface area contributed by atoms with Gasteiger partial charge in [-0.3, -0.25) is 0 Å². The van der Waals surface area contributed by atoms with Gasteiger partial charge in [-0.05, 0) is 13.8 Å². The van der Waals surface area contributed by atoms with Crippen LogP contribution in [0.3, 0.4) is 0 Å². The molecule has 0 aromatic rings. The van der Waals surface area contributed by atoms with Gasteiger partial charge in [0.1, 0.15) is 6.67 Å². The number of rotatable bonds is 2. The Labute approximate surface area is 78.2 Å². The van der Waals surface area contributed by atoms with Gasteiger partial charge in [0.15, 0.2) is 0 Å². The first kappa shape index (κ1) is 22.5. The van der Waals surface area contributed by atoms with Crippen molar-refractivity contribution >= 4 is 0 Å². The van der Waals surface area contributed by atoms with Gasteiger partial charge < -0.3 is 0 Å². The molecule has 0 saturated carbocycles. The first-order chi connectivity index (χ1) is 4.77. The van der Waals surface area contributed by atoms with E-state index in [4.69, 9.17) is 0 Å². The molecule has 0 heterocycles. The van der Waals surface area contributed by atoms with Crippen LogP contribution in [0.4, 0.5) is 4.39 Å². The molecule has 0 N–H and O–H groups in total. The minimum absolute atomic E-state index is 0. The third-order valence-corrected chi connectivity index (χ3v) is 0.655. The summed E-state index contributed by atoms with van der Waals surface area (Å²) in [6.45, 7) is 7.58. The first-order valence-electron chi connectivity index (χ1n) is 3.63. The third-order valence-electron chi connectivity index (χ3n) is 0.655. The number of alkyl halides is 1. The van der Waals surface area contributed by atoms with Crippen LogP contribution >= 0.6 is 0 Å². The predicted octanol–water partition coefficient (Wildman–Crippen LogP) is 4.78. The first-order valence-corrected chi connectivity index (χ1v) is 3.63. The molecule has 0 bridgehead atoms. The number of hydrogen-bond donors (Lipinski definition) is 0. The topological polar surface area (TPSA) is 0 Å². The lowest BCUT2D eigenvalue weighted by Gasteiger charge is -1.79. The van der Waals surface area contributed by atoms with Crippen molar-refractivity contribution < 1.29 is 4.39 Å². The Balaban J connectivity index is -0.0000000740. The zero-order valence-electron chi connectivity index (χ0n) is 7.32. The molecule has 0 spiro atoms. The van der Waals surface area contributed by atoms with Crippen LogP contribution in [0.25, 0.3) is 0 Å². The molecule has 0 atom stereocenters. The van der Waals surface area contributed by atoms with Gasteiger partial charge in [0.25, 0.3) is 0 Å². The Bertz CT molecular complexity index is 97.6. The van der Waals surface area contributed by atoms with E-state index >= 15 is 0 Å². The molecule has 0 aromatic carbocycles. The highest BCUT2D eigenvalue weighted by Crippen LogP contribution is 1.88. The molecule has 0 nitrogen and oxygen atoms in total. The van der Waals surface area contributed by atoms with Crippen LogP contribution in [0.5, 0.6) is 0 Å². The van der Waals surface area contributed by atoms with Crippen LogP contribution in [0, 0.1) is 0 Å². The van der Waals surface area contributed by atoms with Gasteiger partial charge >= 0.3 is 0 Å². The maximum Gasteiger partial charge on any atom is 0.108 e. The largest absolute Gasteiger partial charge is 0.247 e. The quantitative estimate of drug-likeness (QED) is 0.531. The monoisotopic (exact) mass is 176 g/mol. The average molecular weight is 176 g/mol. The summed E-state index contributed by atoms with van der Waals surface area (Å²) in [7, 11) is 0. The molecule has 0 fully saturated rings. The third kappa shape index (κ3) is 34.2. The molecule has 1 heteroatoms. The highest BCUT2D eigenvalue weighted by molar-refractivity contribution is 5.07. The van der Waals surface area contributed by atoms with Gasteiger partial charge in [-0.1, -0.05) is 52.5 Å². The van der Waals surface area contributed by atoms with Gasteiger partial charge in [0.2, 0.25) is 0 Å². The lowest BCUT2D eigenvalue weighted by Crippen LogP contribution is -1.61. The highest BCUT2D eigenvalue weighted by Gasteiger charge is 1.68. The Morgan fingerprint density at radius 1 is 1.17 bits per heavy atom. The van der Waals surface area contributed by atoms with Crippen molar-refractivity contribution in [3.05, 3.63) is 23.8 Å². The summed E-state index contributed by atoms with van der Waals surface area (Å²) in [5.41, 5.74) is 1.19. The normalized spacial score (nSPS) is 7.08. The Morgan fingerprint density at radius 2 is 1.58 bits per heavy atom. The van der Waals surface area contributed by atoms with Gasteiger partial charge in [-0.2, -0.15) is 0 Å². The molecule has 0 aliphatic rings. The van der Waals surface area contributed by atoms with Crippen LogP contribution < -0.4 is 0 Å². The van der Waals surface area contributed by atoms with E-state index in [-0.39, 0.29) is 21.5 Å². The van der Waals surface area contributed by atoms with Gasteiger partial charge in [-0.15, -0.1) is 0 Å². The van der Waals surface area contributed by atoms with Gasteiger partial charge in [0, 0.05) is 0 Å². The van der Waals surface area contributed by atoms with E-state index in [0.29, 0.717) is 0 Å². The van der Waals surface area contributed by atoms with Crippen LogP contribution in [-0.2, 0) is 0 Å². The second-order valence-corrected chi connectivity index (χ2v) is 1.83. The molecular weight excluding hydrogens is 151 g/mol. The summed E-state index contributed by atoms with van der Waals surface area (Å²) in [5.74, 6) is 0. The average Bonchev–Trinajstić information content (AvgIpc) is 1.92. The fourth-order valence-corrected chi connectivity index (χ4v) is 0.312. The number of allylic oxidation sites excluding steroid dienone is 4. The summed E-state index contributed by atoms with van der Waals surface area (Å²) in [5, 5.41) is 0. The second-order valence-electron chi connectivity index (χ2n) is 1.83.